The molecule has 1 aromatic heterocycles. The van der Waals surface area contributed by atoms with E-state index in [1.54, 1.807) is 17.4 Å². The summed E-state index contributed by atoms with van der Waals surface area (Å²) >= 11 is 11.1. The summed E-state index contributed by atoms with van der Waals surface area (Å²) in [5.41, 5.74) is 12.2. The van der Waals surface area contributed by atoms with Crippen molar-refractivity contribution < 1.29 is 4.79 Å². The fourth-order valence-electron chi connectivity index (χ4n) is 1.62. The Kier molecular flexibility index (Phi) is 4.34. The molecule has 0 unspecified atom stereocenters. The average Bonchev–Trinajstić information content (AvgIpc) is 2.73. The van der Waals surface area contributed by atoms with E-state index in [1.165, 1.54) is 6.07 Å². The zero-order valence-electron chi connectivity index (χ0n) is 9.74. The number of nitrogens with one attached hydrogen (secondary N) is 1. The third kappa shape index (κ3) is 3.20. The number of rotatable bonds is 4. The Morgan fingerprint density at radius 2 is 2.21 bits per heavy atom. The van der Waals surface area contributed by atoms with Crippen LogP contribution in [0.1, 0.15) is 15.2 Å². The highest BCUT2D eigenvalue weighted by atomic mass is 79.9. The lowest BCUT2D eigenvalue weighted by molar-refractivity contribution is 0.100. The average molecular weight is 361 g/mol. The Hall–Kier alpha value is -1.24. The summed E-state index contributed by atoms with van der Waals surface area (Å²) in [4.78, 5) is 12.5. The van der Waals surface area contributed by atoms with Gasteiger partial charge in [-0.3, -0.25) is 4.79 Å². The highest BCUT2D eigenvalue weighted by Gasteiger charge is 2.13. The maximum Gasteiger partial charge on any atom is 0.250 e. The molecule has 1 amide bonds. The summed E-state index contributed by atoms with van der Waals surface area (Å²) in [5.74, 6) is -0.568. The molecule has 5 N–H and O–H groups in total. The molecule has 19 heavy (non-hydrogen) atoms. The Bertz CT molecular complexity index is 629. The number of nitrogen functional groups attached to an aromatic ring is 1. The summed E-state index contributed by atoms with van der Waals surface area (Å²) < 4.78 is 1.01. The number of carbonyl (C=O) groups is 1. The van der Waals surface area contributed by atoms with Crippen molar-refractivity contribution in [2.24, 2.45) is 5.73 Å². The lowest BCUT2D eigenvalue weighted by Crippen LogP contribution is -2.15. The van der Waals surface area contributed by atoms with E-state index in [4.69, 9.17) is 23.1 Å². The highest BCUT2D eigenvalue weighted by Crippen LogP contribution is 2.31. The highest BCUT2D eigenvalue weighted by molar-refractivity contribution is 9.10. The number of primary amides is 1. The van der Waals surface area contributed by atoms with Crippen molar-refractivity contribution in [3.05, 3.63) is 43.5 Å². The SMILES string of the molecule is NC(=O)c1cc(N)cc(Cl)c1NCc1sccc1Br. The first-order valence-corrected chi connectivity index (χ1v) is 7.38. The number of anilines is 2. The van der Waals surface area contributed by atoms with Gasteiger partial charge in [0.05, 0.1) is 22.8 Å². The maximum absolute atomic E-state index is 11.4. The molecule has 7 heteroatoms. The van der Waals surface area contributed by atoms with E-state index in [0.29, 0.717) is 22.9 Å². The van der Waals surface area contributed by atoms with Gasteiger partial charge in [-0.1, -0.05) is 11.6 Å². The second-order valence-electron chi connectivity index (χ2n) is 3.83. The van der Waals surface area contributed by atoms with Gasteiger partial charge in [0.25, 0.3) is 5.91 Å². The number of halogens is 2. The first-order chi connectivity index (χ1) is 8.99. The number of hydrogen-bond donors (Lipinski definition) is 3. The first-order valence-electron chi connectivity index (χ1n) is 5.33. The van der Waals surface area contributed by atoms with E-state index in [1.807, 2.05) is 11.4 Å². The molecule has 0 fully saturated rings. The monoisotopic (exact) mass is 359 g/mol. The topological polar surface area (TPSA) is 81.1 Å². The molecule has 0 aliphatic heterocycles. The Labute approximate surface area is 127 Å². The molecule has 0 bridgehead atoms. The summed E-state index contributed by atoms with van der Waals surface area (Å²) in [5, 5.41) is 5.47. The first kappa shape index (κ1) is 14.2. The van der Waals surface area contributed by atoms with Crippen molar-refractivity contribution in [2.75, 3.05) is 11.1 Å². The van der Waals surface area contributed by atoms with Crippen LogP contribution in [0.3, 0.4) is 0 Å². The third-order valence-corrected chi connectivity index (χ3v) is 4.72. The normalized spacial score (nSPS) is 10.4. The van der Waals surface area contributed by atoms with Gasteiger partial charge in [-0.15, -0.1) is 11.3 Å². The minimum atomic E-state index is -0.568. The fourth-order valence-corrected chi connectivity index (χ4v) is 3.35. The van der Waals surface area contributed by atoms with Gasteiger partial charge in [0.2, 0.25) is 0 Å². The molecule has 100 valence electrons. The number of carbonyl (C=O) groups excluding carboxylic acids is 1. The van der Waals surface area contributed by atoms with Gasteiger partial charge >= 0.3 is 0 Å². The van der Waals surface area contributed by atoms with Crippen molar-refractivity contribution in [1.29, 1.82) is 0 Å². The molecule has 0 spiro atoms. The molecule has 0 saturated heterocycles. The van der Waals surface area contributed by atoms with Crippen LogP contribution in [0, 0.1) is 0 Å². The van der Waals surface area contributed by atoms with Crippen LogP contribution >= 0.6 is 38.9 Å². The lowest BCUT2D eigenvalue weighted by atomic mass is 10.1. The molecule has 0 aliphatic carbocycles. The van der Waals surface area contributed by atoms with Crippen molar-refractivity contribution in [1.82, 2.24) is 0 Å². The second-order valence-corrected chi connectivity index (χ2v) is 6.10. The van der Waals surface area contributed by atoms with Crippen molar-refractivity contribution in [3.63, 3.8) is 0 Å². The summed E-state index contributed by atoms with van der Waals surface area (Å²) in [6.45, 7) is 0.544. The Balaban J connectivity index is 2.29. The number of amides is 1. The summed E-state index contributed by atoms with van der Waals surface area (Å²) in [7, 11) is 0. The van der Waals surface area contributed by atoms with Crippen LogP contribution in [0.2, 0.25) is 5.02 Å². The molecule has 0 radical (unpaired) electrons. The Morgan fingerprint density at radius 1 is 1.47 bits per heavy atom. The van der Waals surface area contributed by atoms with Crippen LogP contribution in [0.15, 0.2) is 28.1 Å². The zero-order valence-corrected chi connectivity index (χ0v) is 12.9. The van der Waals surface area contributed by atoms with Crippen molar-refractivity contribution in [2.45, 2.75) is 6.54 Å². The predicted octanol–water partition coefficient (Wildman–Crippen LogP) is 3.46. The number of thiophene rings is 1. The fraction of sp³-hybridized carbons (Fsp3) is 0.0833. The lowest BCUT2D eigenvalue weighted by Gasteiger charge is -2.12. The van der Waals surface area contributed by atoms with Gasteiger partial charge in [-0.2, -0.15) is 0 Å². The molecular formula is C12H11BrClN3OS. The Morgan fingerprint density at radius 3 is 2.79 bits per heavy atom. The van der Waals surface area contributed by atoms with Crippen LogP contribution in [0.25, 0.3) is 0 Å². The van der Waals surface area contributed by atoms with Gasteiger partial charge in [-0.25, -0.2) is 0 Å². The third-order valence-electron chi connectivity index (χ3n) is 2.49. The van der Waals surface area contributed by atoms with E-state index >= 15 is 0 Å². The summed E-state index contributed by atoms with van der Waals surface area (Å²) in [6.07, 6.45) is 0. The molecule has 0 aliphatic rings. The minimum Gasteiger partial charge on any atom is -0.399 e. The zero-order chi connectivity index (χ0) is 14.0. The minimum absolute atomic E-state index is 0.290. The molecule has 1 heterocycles. The van der Waals surface area contributed by atoms with Crippen molar-refractivity contribution >= 4 is 56.1 Å². The van der Waals surface area contributed by atoms with Gasteiger partial charge < -0.3 is 16.8 Å². The quantitative estimate of drug-likeness (QED) is 0.730. The summed E-state index contributed by atoms with van der Waals surface area (Å²) in [6, 6.07) is 5.06. The van der Waals surface area contributed by atoms with Gasteiger partial charge in [0.15, 0.2) is 0 Å². The standard InChI is InChI=1S/C12H11BrClN3OS/c13-8-1-2-19-10(8)5-17-11-7(12(16)18)3-6(15)4-9(11)14/h1-4,17H,5,15H2,(H2,16,18). The molecule has 2 rings (SSSR count). The molecule has 4 nitrogen and oxygen atoms in total. The maximum atomic E-state index is 11.4. The van der Waals surface area contributed by atoms with E-state index in [9.17, 15) is 4.79 Å². The van der Waals surface area contributed by atoms with Crippen LogP contribution in [0.5, 0.6) is 0 Å². The molecule has 2 aromatic rings. The smallest absolute Gasteiger partial charge is 0.250 e. The second kappa shape index (κ2) is 5.81. The number of benzene rings is 1. The van der Waals surface area contributed by atoms with Crippen molar-refractivity contribution in [3.8, 4) is 0 Å². The van der Waals surface area contributed by atoms with Crippen LogP contribution in [-0.2, 0) is 6.54 Å². The number of nitrogens with two attached hydrogens (primary N) is 2. The molecule has 0 atom stereocenters. The van der Waals surface area contributed by atoms with Gasteiger partial charge in [0, 0.05) is 15.0 Å². The van der Waals surface area contributed by atoms with E-state index < -0.39 is 5.91 Å². The van der Waals surface area contributed by atoms with Gasteiger partial charge in [0.1, 0.15) is 0 Å². The van der Waals surface area contributed by atoms with E-state index in [0.717, 1.165) is 9.35 Å². The van der Waals surface area contributed by atoms with Crippen LogP contribution in [0.4, 0.5) is 11.4 Å². The van der Waals surface area contributed by atoms with Crippen LogP contribution in [-0.4, -0.2) is 5.91 Å². The predicted molar refractivity (Wildman–Crippen MR) is 83.7 cm³/mol. The number of hydrogen-bond acceptors (Lipinski definition) is 4. The van der Waals surface area contributed by atoms with E-state index in [-0.39, 0.29) is 5.56 Å². The molecule has 1 aromatic carbocycles. The van der Waals surface area contributed by atoms with Crippen LogP contribution < -0.4 is 16.8 Å². The molecule has 0 saturated carbocycles. The van der Waals surface area contributed by atoms with E-state index in [2.05, 4.69) is 21.2 Å². The molecular weight excluding hydrogens is 350 g/mol. The largest absolute Gasteiger partial charge is 0.399 e. The van der Waals surface area contributed by atoms with Gasteiger partial charge in [-0.05, 0) is 39.5 Å².